The van der Waals surface area contributed by atoms with Crippen LogP contribution in [0.2, 0.25) is 0 Å². The number of aliphatic hydroxyl groups is 1. The highest BCUT2D eigenvalue weighted by Gasteiger charge is 2.24. The van der Waals surface area contributed by atoms with Gasteiger partial charge < -0.3 is 31.3 Å². The Morgan fingerprint density at radius 3 is 2.07 bits per heavy atom. The molecule has 1 aliphatic heterocycles. The lowest BCUT2D eigenvalue weighted by atomic mass is 10.1. The van der Waals surface area contributed by atoms with Gasteiger partial charge in [0.15, 0.2) is 0 Å². The lowest BCUT2D eigenvalue weighted by Crippen LogP contribution is -2.54. The Hall–Kier alpha value is -2.98. The van der Waals surface area contributed by atoms with Crippen molar-refractivity contribution in [3.05, 3.63) is 35.4 Å². The summed E-state index contributed by atoms with van der Waals surface area (Å²) in [6, 6.07) is 7.44. The molecule has 1 heterocycles. The van der Waals surface area contributed by atoms with E-state index in [0.29, 0.717) is 39.3 Å². The molecule has 4 amide bonds. The molecule has 5 N–H and O–H groups in total. The standard InChI is InChI=1S/C18H25N5O5/c19-9-13-1-3-14(4-2-13)10-21-18(28)23-7-5-22(6-8-23)16(26)11-20-17(27)15(25)12-24/h1-4,24H,5-12,19H2,(H,20,27)(H,21,28). The van der Waals surface area contributed by atoms with Crippen molar-refractivity contribution in [1.29, 1.82) is 0 Å². The number of benzene rings is 1. The summed E-state index contributed by atoms with van der Waals surface area (Å²) in [6.45, 7) is 1.05. The van der Waals surface area contributed by atoms with E-state index in [-0.39, 0.29) is 18.5 Å². The van der Waals surface area contributed by atoms with E-state index in [1.165, 1.54) is 4.90 Å². The summed E-state index contributed by atoms with van der Waals surface area (Å²) in [6.07, 6.45) is 0. The van der Waals surface area contributed by atoms with Crippen molar-refractivity contribution >= 4 is 23.6 Å². The number of hydrogen-bond acceptors (Lipinski definition) is 6. The topological polar surface area (TPSA) is 145 Å². The van der Waals surface area contributed by atoms with Gasteiger partial charge in [-0.05, 0) is 11.1 Å². The Labute approximate surface area is 162 Å². The predicted molar refractivity (Wildman–Crippen MR) is 99.8 cm³/mol. The summed E-state index contributed by atoms with van der Waals surface area (Å²) in [5.41, 5.74) is 7.54. The number of carbonyl (C=O) groups is 4. The number of hydrogen-bond donors (Lipinski definition) is 4. The van der Waals surface area contributed by atoms with Gasteiger partial charge >= 0.3 is 6.03 Å². The van der Waals surface area contributed by atoms with Crippen LogP contribution in [0.1, 0.15) is 11.1 Å². The first kappa shape index (κ1) is 21.3. The molecule has 0 unspecified atom stereocenters. The minimum Gasteiger partial charge on any atom is -0.388 e. The van der Waals surface area contributed by atoms with Crippen LogP contribution in [0.3, 0.4) is 0 Å². The maximum atomic E-state index is 12.3. The van der Waals surface area contributed by atoms with Crippen LogP contribution in [0.5, 0.6) is 0 Å². The van der Waals surface area contributed by atoms with E-state index >= 15 is 0 Å². The Morgan fingerprint density at radius 2 is 1.50 bits per heavy atom. The summed E-state index contributed by atoms with van der Waals surface area (Å²) >= 11 is 0. The molecular formula is C18H25N5O5. The van der Waals surface area contributed by atoms with Crippen LogP contribution in [-0.4, -0.2) is 77.9 Å². The number of amides is 4. The number of Topliss-reactive ketones (excluding diaryl/α,β-unsaturated/α-hetero) is 1. The van der Waals surface area contributed by atoms with Crippen LogP contribution in [0.25, 0.3) is 0 Å². The summed E-state index contributed by atoms with van der Waals surface area (Å²) in [4.78, 5) is 49.7. The molecule has 0 aromatic heterocycles. The Balaban J connectivity index is 1.71. The van der Waals surface area contributed by atoms with Crippen LogP contribution < -0.4 is 16.4 Å². The second-order valence-corrected chi connectivity index (χ2v) is 6.31. The van der Waals surface area contributed by atoms with Gasteiger partial charge in [0.05, 0.1) is 6.54 Å². The molecule has 0 atom stereocenters. The number of carbonyl (C=O) groups excluding carboxylic acids is 4. The molecule has 10 nitrogen and oxygen atoms in total. The van der Waals surface area contributed by atoms with Gasteiger partial charge in [-0.15, -0.1) is 0 Å². The van der Waals surface area contributed by atoms with Gasteiger partial charge in [-0.25, -0.2) is 4.79 Å². The molecule has 1 aliphatic rings. The van der Waals surface area contributed by atoms with Crippen molar-refractivity contribution in [3.63, 3.8) is 0 Å². The van der Waals surface area contributed by atoms with Crippen molar-refractivity contribution in [2.24, 2.45) is 5.73 Å². The van der Waals surface area contributed by atoms with Gasteiger partial charge in [-0.2, -0.15) is 0 Å². The van der Waals surface area contributed by atoms with Gasteiger partial charge in [-0.3, -0.25) is 14.4 Å². The van der Waals surface area contributed by atoms with Gasteiger partial charge in [-0.1, -0.05) is 24.3 Å². The Morgan fingerprint density at radius 1 is 0.929 bits per heavy atom. The highest BCUT2D eigenvalue weighted by Crippen LogP contribution is 2.05. The molecule has 1 fully saturated rings. The quantitative estimate of drug-likeness (QED) is 0.403. The van der Waals surface area contributed by atoms with Gasteiger partial charge in [0.25, 0.3) is 5.91 Å². The minimum atomic E-state index is -0.994. The average Bonchev–Trinajstić information content (AvgIpc) is 2.75. The average molecular weight is 391 g/mol. The van der Waals surface area contributed by atoms with Crippen LogP contribution in [-0.2, 0) is 27.5 Å². The summed E-state index contributed by atoms with van der Waals surface area (Å²) in [5.74, 6) is -2.33. The lowest BCUT2D eigenvalue weighted by molar-refractivity contribution is -0.141. The van der Waals surface area contributed by atoms with Crippen molar-refractivity contribution < 1.29 is 24.3 Å². The zero-order valence-corrected chi connectivity index (χ0v) is 15.5. The molecule has 0 saturated carbocycles. The fourth-order valence-corrected chi connectivity index (χ4v) is 2.68. The summed E-state index contributed by atoms with van der Waals surface area (Å²) in [5, 5.41) is 13.6. The van der Waals surface area contributed by atoms with E-state index < -0.39 is 18.3 Å². The molecule has 0 bridgehead atoms. The van der Waals surface area contributed by atoms with Crippen molar-refractivity contribution in [1.82, 2.24) is 20.4 Å². The van der Waals surface area contributed by atoms with Crippen LogP contribution in [0.4, 0.5) is 4.79 Å². The number of aliphatic hydroxyl groups excluding tert-OH is 1. The number of rotatable bonds is 7. The highest BCUT2D eigenvalue weighted by molar-refractivity contribution is 6.36. The van der Waals surface area contributed by atoms with Crippen LogP contribution >= 0.6 is 0 Å². The first-order chi connectivity index (χ1) is 13.4. The van der Waals surface area contributed by atoms with Crippen molar-refractivity contribution in [2.45, 2.75) is 13.1 Å². The fourth-order valence-electron chi connectivity index (χ4n) is 2.68. The lowest BCUT2D eigenvalue weighted by Gasteiger charge is -2.34. The van der Waals surface area contributed by atoms with E-state index in [4.69, 9.17) is 10.8 Å². The molecule has 0 aliphatic carbocycles. The highest BCUT2D eigenvalue weighted by atomic mass is 16.3. The van der Waals surface area contributed by atoms with Crippen molar-refractivity contribution in [2.75, 3.05) is 39.3 Å². The molecule has 1 saturated heterocycles. The van der Waals surface area contributed by atoms with Gasteiger partial charge in [0.1, 0.15) is 6.61 Å². The van der Waals surface area contributed by atoms with E-state index in [9.17, 15) is 19.2 Å². The predicted octanol–water partition coefficient (Wildman–Crippen LogP) is -1.82. The third-order valence-corrected chi connectivity index (χ3v) is 4.42. The molecule has 152 valence electrons. The monoisotopic (exact) mass is 391 g/mol. The molecular weight excluding hydrogens is 366 g/mol. The molecule has 1 aromatic carbocycles. The third-order valence-electron chi connectivity index (χ3n) is 4.42. The maximum absolute atomic E-state index is 12.3. The molecule has 0 spiro atoms. The van der Waals surface area contributed by atoms with E-state index in [1.807, 2.05) is 24.3 Å². The number of urea groups is 1. The number of piperazine rings is 1. The minimum absolute atomic E-state index is 0.211. The Kier molecular flexibility index (Phi) is 7.90. The number of ketones is 1. The summed E-state index contributed by atoms with van der Waals surface area (Å²) < 4.78 is 0. The zero-order chi connectivity index (χ0) is 20.5. The molecule has 10 heteroatoms. The molecule has 2 rings (SSSR count). The zero-order valence-electron chi connectivity index (χ0n) is 15.5. The van der Waals surface area contributed by atoms with E-state index in [1.54, 1.807) is 4.90 Å². The maximum Gasteiger partial charge on any atom is 0.317 e. The molecule has 1 aromatic rings. The van der Waals surface area contributed by atoms with Crippen LogP contribution in [0, 0.1) is 0 Å². The number of nitrogens with zero attached hydrogens (tertiary/aromatic N) is 2. The van der Waals surface area contributed by atoms with Gasteiger partial charge in [0, 0.05) is 39.3 Å². The second kappa shape index (κ2) is 10.4. The van der Waals surface area contributed by atoms with Crippen LogP contribution in [0.15, 0.2) is 24.3 Å². The smallest absolute Gasteiger partial charge is 0.317 e. The van der Waals surface area contributed by atoms with E-state index in [2.05, 4.69) is 10.6 Å². The first-order valence-electron chi connectivity index (χ1n) is 8.95. The summed E-state index contributed by atoms with van der Waals surface area (Å²) in [7, 11) is 0. The first-order valence-corrected chi connectivity index (χ1v) is 8.95. The number of nitrogens with two attached hydrogens (primary N) is 1. The fraction of sp³-hybridized carbons (Fsp3) is 0.444. The van der Waals surface area contributed by atoms with E-state index in [0.717, 1.165) is 11.1 Å². The SMILES string of the molecule is NCc1ccc(CNC(=O)N2CCN(C(=O)CNC(=O)C(=O)CO)CC2)cc1. The van der Waals surface area contributed by atoms with Crippen molar-refractivity contribution in [3.8, 4) is 0 Å². The third kappa shape index (κ3) is 6.03. The number of nitrogens with one attached hydrogen (secondary N) is 2. The Bertz CT molecular complexity index is 714. The van der Waals surface area contributed by atoms with Gasteiger partial charge in [0.2, 0.25) is 11.7 Å². The largest absolute Gasteiger partial charge is 0.388 e. The normalized spacial score (nSPS) is 13.8. The molecule has 28 heavy (non-hydrogen) atoms. The second-order valence-electron chi connectivity index (χ2n) is 6.31. The molecule has 0 radical (unpaired) electrons.